The zero-order chi connectivity index (χ0) is 15.4. The Balaban J connectivity index is 2.12. The monoisotopic (exact) mass is 350 g/mol. The average molecular weight is 351 g/mol. The zero-order valence-corrected chi connectivity index (χ0v) is 12.2. The van der Waals surface area contributed by atoms with Gasteiger partial charge in [0.15, 0.2) is 11.6 Å². The molecule has 21 heavy (non-hydrogen) atoms. The van der Waals surface area contributed by atoms with Crippen LogP contribution in [0.4, 0.5) is 14.5 Å². The Morgan fingerprint density at radius 3 is 2.62 bits per heavy atom. The summed E-state index contributed by atoms with van der Waals surface area (Å²) >= 11 is 3.23. The van der Waals surface area contributed by atoms with Crippen molar-refractivity contribution < 1.29 is 13.6 Å². The Morgan fingerprint density at radius 2 is 1.95 bits per heavy atom. The van der Waals surface area contributed by atoms with Gasteiger partial charge in [-0.3, -0.25) is 4.79 Å². The second-order valence-corrected chi connectivity index (χ2v) is 5.19. The van der Waals surface area contributed by atoms with E-state index in [2.05, 4.69) is 21.2 Å². The summed E-state index contributed by atoms with van der Waals surface area (Å²) < 4.78 is 26.6. The van der Waals surface area contributed by atoms with Crippen molar-refractivity contribution in [3.8, 4) is 6.07 Å². The first-order chi connectivity index (χ1) is 9.99. The van der Waals surface area contributed by atoms with Crippen LogP contribution in [0.3, 0.4) is 0 Å². The summed E-state index contributed by atoms with van der Waals surface area (Å²) in [5.41, 5.74) is 1.03. The highest BCUT2D eigenvalue weighted by Crippen LogP contribution is 2.20. The summed E-state index contributed by atoms with van der Waals surface area (Å²) in [7, 11) is 0. The largest absolute Gasteiger partial charge is 0.325 e. The molecular weight excluding hydrogens is 342 g/mol. The summed E-state index contributed by atoms with van der Waals surface area (Å²) in [5.74, 6) is -2.37. The first kappa shape index (κ1) is 15.1. The zero-order valence-electron chi connectivity index (χ0n) is 10.7. The number of anilines is 1. The summed E-state index contributed by atoms with van der Waals surface area (Å²) in [5, 5.41) is 11.6. The van der Waals surface area contributed by atoms with Gasteiger partial charge in [0.25, 0.3) is 0 Å². The highest BCUT2D eigenvalue weighted by molar-refractivity contribution is 9.10. The molecule has 0 aromatic heterocycles. The van der Waals surface area contributed by atoms with Gasteiger partial charge < -0.3 is 5.32 Å². The van der Waals surface area contributed by atoms with E-state index in [0.29, 0.717) is 16.8 Å². The van der Waals surface area contributed by atoms with Crippen LogP contribution in [0.1, 0.15) is 11.1 Å². The van der Waals surface area contributed by atoms with Crippen molar-refractivity contribution in [3.63, 3.8) is 0 Å². The number of benzene rings is 2. The number of nitrogens with zero attached hydrogens (tertiary/aromatic N) is 1. The van der Waals surface area contributed by atoms with Gasteiger partial charge in [-0.05, 0) is 35.9 Å². The van der Waals surface area contributed by atoms with Gasteiger partial charge in [-0.1, -0.05) is 22.0 Å². The number of nitrogens with one attached hydrogen (secondary N) is 1. The molecule has 1 amide bonds. The van der Waals surface area contributed by atoms with Crippen LogP contribution >= 0.6 is 15.9 Å². The van der Waals surface area contributed by atoms with Crippen molar-refractivity contribution in [1.82, 2.24) is 0 Å². The van der Waals surface area contributed by atoms with Gasteiger partial charge >= 0.3 is 0 Å². The number of carbonyl (C=O) groups excluding carboxylic acids is 1. The second-order valence-electron chi connectivity index (χ2n) is 4.28. The van der Waals surface area contributed by atoms with E-state index < -0.39 is 17.5 Å². The van der Waals surface area contributed by atoms with E-state index in [4.69, 9.17) is 5.26 Å². The van der Waals surface area contributed by atoms with Crippen LogP contribution in [-0.2, 0) is 11.2 Å². The molecule has 0 saturated heterocycles. The Morgan fingerprint density at radius 1 is 1.19 bits per heavy atom. The van der Waals surface area contributed by atoms with Gasteiger partial charge in [0, 0.05) is 4.47 Å². The van der Waals surface area contributed by atoms with Crippen LogP contribution in [-0.4, -0.2) is 5.91 Å². The molecule has 0 unspecified atom stereocenters. The molecule has 2 rings (SSSR count). The second kappa shape index (κ2) is 6.46. The molecule has 0 fully saturated rings. The molecule has 106 valence electrons. The van der Waals surface area contributed by atoms with Gasteiger partial charge in [0.1, 0.15) is 6.07 Å². The average Bonchev–Trinajstić information content (AvgIpc) is 2.44. The Bertz CT molecular complexity index is 741. The van der Waals surface area contributed by atoms with E-state index in [1.165, 1.54) is 6.07 Å². The minimum atomic E-state index is -0.998. The molecule has 2 aromatic carbocycles. The lowest BCUT2D eigenvalue weighted by Crippen LogP contribution is -2.15. The van der Waals surface area contributed by atoms with Crippen LogP contribution in [0.2, 0.25) is 0 Å². The van der Waals surface area contributed by atoms with E-state index in [9.17, 15) is 13.6 Å². The smallest absolute Gasteiger partial charge is 0.228 e. The molecule has 0 aliphatic carbocycles. The third kappa shape index (κ3) is 3.86. The Hall–Kier alpha value is -2.26. The molecule has 0 aliphatic heterocycles. The molecular formula is C15H9BrF2N2O. The highest BCUT2D eigenvalue weighted by Gasteiger charge is 2.10. The SMILES string of the molecule is N#Cc1cc(Br)ccc1NC(=O)Cc1ccc(F)c(F)c1. The lowest BCUT2D eigenvalue weighted by atomic mass is 10.1. The topological polar surface area (TPSA) is 52.9 Å². The van der Waals surface area contributed by atoms with Crippen LogP contribution < -0.4 is 5.32 Å². The third-order valence-electron chi connectivity index (χ3n) is 2.72. The maximum Gasteiger partial charge on any atom is 0.228 e. The van der Waals surface area contributed by atoms with Crippen molar-refractivity contribution >= 4 is 27.5 Å². The number of carbonyl (C=O) groups is 1. The highest BCUT2D eigenvalue weighted by atomic mass is 79.9. The Kier molecular flexibility index (Phi) is 4.66. The van der Waals surface area contributed by atoms with E-state index in [1.54, 1.807) is 18.2 Å². The van der Waals surface area contributed by atoms with Crippen LogP contribution in [0, 0.1) is 23.0 Å². The van der Waals surface area contributed by atoms with E-state index in [1.807, 2.05) is 6.07 Å². The molecule has 0 atom stereocenters. The molecule has 0 heterocycles. The third-order valence-corrected chi connectivity index (χ3v) is 3.22. The van der Waals surface area contributed by atoms with Crippen molar-refractivity contribution in [3.05, 3.63) is 63.6 Å². The van der Waals surface area contributed by atoms with Crippen LogP contribution in [0.15, 0.2) is 40.9 Å². The summed E-state index contributed by atoms with van der Waals surface area (Å²) in [6, 6.07) is 10.1. The predicted molar refractivity (Wildman–Crippen MR) is 77.5 cm³/mol. The molecule has 3 nitrogen and oxygen atoms in total. The summed E-state index contributed by atoms with van der Waals surface area (Å²) in [6.45, 7) is 0. The first-order valence-electron chi connectivity index (χ1n) is 5.93. The predicted octanol–water partition coefficient (Wildman–Crippen LogP) is 3.78. The van der Waals surface area contributed by atoms with Gasteiger partial charge in [-0.2, -0.15) is 5.26 Å². The molecule has 6 heteroatoms. The van der Waals surface area contributed by atoms with E-state index in [0.717, 1.165) is 16.6 Å². The number of hydrogen-bond acceptors (Lipinski definition) is 2. The first-order valence-corrected chi connectivity index (χ1v) is 6.72. The van der Waals surface area contributed by atoms with Crippen LogP contribution in [0.5, 0.6) is 0 Å². The van der Waals surface area contributed by atoms with Crippen molar-refractivity contribution in [2.24, 2.45) is 0 Å². The van der Waals surface area contributed by atoms with Crippen molar-refractivity contribution in [2.75, 3.05) is 5.32 Å². The van der Waals surface area contributed by atoms with Crippen LogP contribution in [0.25, 0.3) is 0 Å². The molecule has 2 aromatic rings. The summed E-state index contributed by atoms with van der Waals surface area (Å²) in [6.07, 6.45) is -0.113. The fourth-order valence-electron chi connectivity index (χ4n) is 1.75. The lowest BCUT2D eigenvalue weighted by Gasteiger charge is -2.07. The molecule has 0 aliphatic rings. The minimum absolute atomic E-state index is 0.113. The number of nitriles is 1. The molecule has 0 spiro atoms. The molecule has 0 radical (unpaired) electrons. The minimum Gasteiger partial charge on any atom is -0.325 e. The molecule has 1 N–H and O–H groups in total. The van der Waals surface area contributed by atoms with Gasteiger partial charge in [-0.15, -0.1) is 0 Å². The standard InChI is InChI=1S/C15H9BrF2N2O/c16-11-2-4-14(10(7-11)8-19)20-15(21)6-9-1-3-12(17)13(18)5-9/h1-5,7H,6H2,(H,20,21). The maximum atomic E-state index is 13.1. The molecule has 0 saturated carbocycles. The number of rotatable bonds is 3. The number of amides is 1. The lowest BCUT2D eigenvalue weighted by molar-refractivity contribution is -0.115. The fourth-order valence-corrected chi connectivity index (χ4v) is 2.11. The van der Waals surface area contributed by atoms with E-state index >= 15 is 0 Å². The van der Waals surface area contributed by atoms with Crippen molar-refractivity contribution in [1.29, 1.82) is 5.26 Å². The summed E-state index contributed by atoms with van der Waals surface area (Å²) in [4.78, 5) is 11.9. The van der Waals surface area contributed by atoms with Crippen molar-refractivity contribution in [2.45, 2.75) is 6.42 Å². The van der Waals surface area contributed by atoms with Gasteiger partial charge in [-0.25, -0.2) is 8.78 Å². The Labute approximate surface area is 128 Å². The number of hydrogen-bond donors (Lipinski definition) is 1. The normalized spacial score (nSPS) is 10.0. The molecule has 0 bridgehead atoms. The quantitative estimate of drug-likeness (QED) is 0.915. The van der Waals surface area contributed by atoms with Gasteiger partial charge in [0.2, 0.25) is 5.91 Å². The maximum absolute atomic E-state index is 13.1. The number of halogens is 3. The van der Waals surface area contributed by atoms with E-state index in [-0.39, 0.29) is 6.42 Å². The fraction of sp³-hybridized carbons (Fsp3) is 0.0667. The van der Waals surface area contributed by atoms with Gasteiger partial charge in [0.05, 0.1) is 17.7 Å².